The van der Waals surface area contributed by atoms with Crippen molar-refractivity contribution in [2.24, 2.45) is 10.4 Å². The fourth-order valence-electron chi connectivity index (χ4n) is 0. The van der Waals surface area contributed by atoms with Crippen LogP contribution in [0.3, 0.4) is 0 Å². The molecule has 0 aromatic rings. The van der Waals surface area contributed by atoms with Gasteiger partial charge >= 0.3 is 0 Å². The van der Waals surface area contributed by atoms with Gasteiger partial charge in [-0.3, -0.25) is 0 Å². The Bertz CT molecular complexity index is 15.2. The van der Waals surface area contributed by atoms with Crippen LogP contribution in [-0.4, -0.2) is 0 Å². The first-order valence-electron chi connectivity index (χ1n) is 0.600. The van der Waals surface area contributed by atoms with Crippen LogP contribution in [0.15, 0.2) is 10.4 Å². The fraction of sp³-hybridized carbons (Fsp3) is 0. The van der Waals surface area contributed by atoms with Gasteiger partial charge in [0.25, 0.3) is 0 Å². The van der Waals surface area contributed by atoms with E-state index >= 15 is 0 Å². The van der Waals surface area contributed by atoms with Gasteiger partial charge in [-0.15, -0.1) is 0 Å². The van der Waals surface area contributed by atoms with E-state index in [0.717, 1.165) is 0 Å². The van der Waals surface area contributed by atoms with Crippen LogP contribution < -0.4 is 17.8 Å². The van der Waals surface area contributed by atoms with Gasteiger partial charge in [0.15, 0.2) is 0 Å². The topological polar surface area (TPSA) is 99.8 Å². The summed E-state index contributed by atoms with van der Waals surface area (Å²) < 4.78 is 0. The fourth-order valence-corrected chi connectivity index (χ4v) is 0. The number of hydrogen-bond acceptors (Lipinski definition) is 2. The third kappa shape index (κ3) is 166. The third-order valence-corrected chi connectivity index (χ3v) is 0.0400. The maximum absolute atomic E-state index is 7.08. The highest BCUT2D eigenvalue weighted by atomic mass is 15.4. The quantitative estimate of drug-likeness (QED) is 0.256. The summed E-state index contributed by atoms with van der Waals surface area (Å²) in [6, 6.07) is 0. The zero-order valence-corrected chi connectivity index (χ0v) is 2.24. The third-order valence-electron chi connectivity index (χ3n) is 0.0400. The van der Waals surface area contributed by atoms with Crippen molar-refractivity contribution >= 4 is 0 Å². The lowest BCUT2D eigenvalue weighted by Crippen LogP contribution is -1.50. The molecule has 0 unspecified atom stereocenters. The van der Waals surface area contributed by atoms with E-state index in [0.29, 0.717) is 0 Å². The van der Waals surface area contributed by atoms with E-state index in [1.54, 1.807) is 0 Å². The predicted octanol–water partition coefficient (Wildman–Crippen LogP) is -1.07. The molecule has 0 atom stereocenters. The van der Waals surface area contributed by atoms with E-state index in [2.05, 4.69) is 0 Å². The Kier molecular flexibility index (Phi) is 19.5. The maximum atomic E-state index is 7.08. The Morgan fingerprint density at radius 1 is 1.00 bits per heavy atom. The second-order valence-electron chi connectivity index (χ2n) is 0.179. The van der Waals surface area contributed by atoms with E-state index in [4.69, 9.17) is 11.7 Å². The SMILES string of the molecule is [N].[N]N=N[N]. The van der Waals surface area contributed by atoms with E-state index in [1.165, 1.54) is 0 Å². The van der Waals surface area contributed by atoms with Crippen LogP contribution in [0.2, 0.25) is 0 Å². The first kappa shape index (κ1) is 8.90. The molecule has 0 saturated heterocycles. The van der Waals surface area contributed by atoms with Crippen molar-refractivity contribution in [3.8, 4) is 0 Å². The van der Waals surface area contributed by atoms with Crippen molar-refractivity contribution in [2.75, 3.05) is 0 Å². The maximum Gasteiger partial charge on any atom is 0 e. The highest BCUT2D eigenvalue weighted by Crippen LogP contribution is 1.42. The Morgan fingerprint density at radius 2 is 1.20 bits per heavy atom. The van der Waals surface area contributed by atoms with Crippen molar-refractivity contribution < 1.29 is 0 Å². The lowest BCUT2D eigenvalue weighted by molar-refractivity contribution is 0.907. The lowest BCUT2D eigenvalue weighted by atomic mass is 12.6. The first-order valence-corrected chi connectivity index (χ1v) is 0.600. The highest BCUT2D eigenvalue weighted by molar-refractivity contribution is 3.75. The minimum Gasteiger partial charge on any atom is 0 e. The van der Waals surface area contributed by atoms with Crippen LogP contribution in [0.1, 0.15) is 0 Å². The molecule has 0 aromatic carbocycles. The molecule has 0 fully saturated rings. The van der Waals surface area contributed by atoms with Gasteiger partial charge in [0, 0.05) is 28.3 Å². The standard InChI is InChI=1S/N4.N/c1-3-4-2;. The van der Waals surface area contributed by atoms with Gasteiger partial charge in [-0.05, 0) is 0 Å². The van der Waals surface area contributed by atoms with Crippen LogP contribution >= 0.6 is 0 Å². The molecule has 5 nitrogen and oxygen atoms in total. The molecular weight excluding hydrogens is 70.0 g/mol. The molecular formula is N5. The smallest absolute Gasteiger partial charge is 0 e. The molecule has 0 bridgehead atoms. The van der Waals surface area contributed by atoms with Gasteiger partial charge in [-0.2, -0.15) is 0 Å². The van der Waals surface area contributed by atoms with Crippen molar-refractivity contribution in [2.45, 2.75) is 0 Å². The second kappa shape index (κ2) is 11.0. The van der Waals surface area contributed by atoms with E-state index < -0.39 is 0 Å². The number of nitrogens with zero attached hydrogens (tertiary/aromatic N) is 5. The molecule has 0 N–H and O–H groups in total. The summed E-state index contributed by atoms with van der Waals surface area (Å²) >= 11 is 0. The molecule has 0 aliphatic heterocycles. The molecule has 0 rings (SSSR count). The largest absolute Gasteiger partial charge is 0 e. The summed E-state index contributed by atoms with van der Waals surface area (Å²) in [5, 5.41) is 3.83. The Morgan fingerprint density at radius 3 is 1.20 bits per heavy atom. The normalized spacial score (nSPS) is 7.20. The predicted molar refractivity (Wildman–Crippen MR) is 11.3 cm³/mol. The Labute approximate surface area is 29.6 Å². The summed E-state index contributed by atoms with van der Waals surface area (Å²) in [6.07, 6.45) is 0. The van der Waals surface area contributed by atoms with Crippen molar-refractivity contribution in [3.63, 3.8) is 0 Å². The highest BCUT2D eigenvalue weighted by Gasteiger charge is 1.42. The van der Waals surface area contributed by atoms with Crippen molar-refractivity contribution in [1.29, 1.82) is 0 Å². The van der Waals surface area contributed by atoms with E-state index in [9.17, 15) is 0 Å². The van der Waals surface area contributed by atoms with E-state index in [1.807, 2.05) is 10.4 Å². The molecule has 0 saturated carbocycles. The summed E-state index contributed by atoms with van der Waals surface area (Å²) in [7, 11) is 0. The second-order valence-corrected chi connectivity index (χ2v) is 0.179. The summed E-state index contributed by atoms with van der Waals surface area (Å²) in [5.74, 6) is 14.2. The zero-order chi connectivity index (χ0) is 3.41. The van der Waals surface area contributed by atoms with Gasteiger partial charge in [0.05, 0.1) is 0 Å². The number of hydrogen-bond donors (Lipinski definition) is 0. The Hall–Kier alpha value is -0.840. The molecule has 25 valence electrons. The van der Waals surface area contributed by atoms with Crippen LogP contribution in [-0.2, 0) is 0 Å². The van der Waals surface area contributed by atoms with Crippen molar-refractivity contribution in [3.05, 3.63) is 0 Å². The van der Waals surface area contributed by atoms with Crippen LogP contribution in [0.5, 0.6) is 0 Å². The molecule has 5 heteroatoms. The average molecular weight is 70.0 g/mol. The van der Waals surface area contributed by atoms with Crippen molar-refractivity contribution in [1.82, 2.24) is 17.8 Å². The molecule has 0 aliphatic carbocycles. The summed E-state index contributed by atoms with van der Waals surface area (Å²) in [5.41, 5.74) is 0. The van der Waals surface area contributed by atoms with Crippen LogP contribution in [0, 0.1) is 0 Å². The molecule has 0 amide bonds. The Balaban J connectivity index is 0. The molecule has 0 aromatic heterocycles. The van der Waals surface area contributed by atoms with Crippen LogP contribution in [0.4, 0.5) is 0 Å². The van der Waals surface area contributed by atoms with Gasteiger partial charge in [-0.25, -0.2) is 0 Å². The van der Waals surface area contributed by atoms with Gasteiger partial charge in [0.1, 0.15) is 0 Å². The first-order chi connectivity index (χ1) is 1.91. The van der Waals surface area contributed by atoms with Crippen LogP contribution in [0.25, 0.3) is 0 Å². The number of rotatable bonds is 0. The zero-order valence-electron chi connectivity index (χ0n) is 2.24. The van der Waals surface area contributed by atoms with Gasteiger partial charge in [-0.1, -0.05) is 0 Å². The molecule has 0 aliphatic rings. The lowest BCUT2D eigenvalue weighted by Gasteiger charge is -1.41. The van der Waals surface area contributed by atoms with Gasteiger partial charge in [0.2, 0.25) is 0 Å². The summed E-state index contributed by atoms with van der Waals surface area (Å²) in [6.45, 7) is 0. The molecule has 0 heterocycles. The van der Waals surface area contributed by atoms with E-state index in [-0.39, 0.29) is 6.15 Å². The molecule has 0 spiro atoms. The minimum atomic E-state index is 0. The molecule has 5 heavy (non-hydrogen) atoms. The monoisotopic (exact) mass is 70.0 g/mol. The summed E-state index contributed by atoms with van der Waals surface area (Å²) in [4.78, 5) is 0. The minimum absolute atomic E-state index is 0. The molecule has 7 radical (unpaired) electrons. The van der Waals surface area contributed by atoms with Gasteiger partial charge < -0.3 is 0 Å². The average Bonchev–Trinajstić information content (AvgIpc) is 1.37.